The van der Waals surface area contributed by atoms with Crippen LogP contribution in [0.3, 0.4) is 0 Å². The molecule has 0 aliphatic carbocycles. The predicted octanol–water partition coefficient (Wildman–Crippen LogP) is 2.25. The summed E-state index contributed by atoms with van der Waals surface area (Å²) in [7, 11) is 0. The number of benzene rings is 2. The molecule has 0 saturated heterocycles. The molecule has 2 atom stereocenters. The van der Waals surface area contributed by atoms with E-state index in [2.05, 4.69) is 5.32 Å². The molecular weight excluding hydrogens is 358 g/mol. The second-order valence-electron chi connectivity index (χ2n) is 6.25. The zero-order valence-corrected chi connectivity index (χ0v) is 16.0. The van der Waals surface area contributed by atoms with Crippen LogP contribution in [0.5, 0.6) is 0 Å². The quantitative estimate of drug-likeness (QED) is 0.683. The van der Waals surface area contributed by atoms with E-state index in [0.29, 0.717) is 12.2 Å². The monoisotopic (exact) mass is 383 g/mol. The molecule has 148 valence electrons. The molecule has 2 aromatic rings. The number of para-hydroxylation sites is 1. The van der Waals surface area contributed by atoms with Crippen molar-refractivity contribution in [2.75, 3.05) is 11.4 Å². The molecule has 3 amide bonds. The van der Waals surface area contributed by atoms with Gasteiger partial charge in [-0.3, -0.25) is 4.79 Å². The Labute approximate surface area is 164 Å². The molecule has 2 aromatic carbocycles. The van der Waals surface area contributed by atoms with Gasteiger partial charge in [0, 0.05) is 18.7 Å². The van der Waals surface area contributed by atoms with E-state index in [4.69, 9.17) is 10.5 Å². The van der Waals surface area contributed by atoms with Crippen molar-refractivity contribution >= 4 is 23.6 Å². The average molecular weight is 383 g/mol. The zero-order chi connectivity index (χ0) is 20.5. The fourth-order valence-corrected chi connectivity index (χ4v) is 2.81. The number of likely N-dealkylation sites (N-methyl/N-ethyl adjacent to an activating group) is 1. The van der Waals surface area contributed by atoms with Crippen molar-refractivity contribution < 1.29 is 19.1 Å². The molecule has 0 radical (unpaired) electrons. The number of nitrogens with zero attached hydrogens (tertiary/aromatic N) is 1. The smallest absolute Gasteiger partial charge is 0.329 e. The van der Waals surface area contributed by atoms with Crippen molar-refractivity contribution in [1.82, 2.24) is 5.32 Å². The van der Waals surface area contributed by atoms with Crippen molar-refractivity contribution in [3.8, 4) is 0 Å². The highest BCUT2D eigenvalue weighted by atomic mass is 16.5. The summed E-state index contributed by atoms with van der Waals surface area (Å²) >= 11 is 0. The van der Waals surface area contributed by atoms with E-state index in [1.54, 1.807) is 0 Å². The largest absolute Gasteiger partial charge is 0.451 e. The number of carbonyl (C=O) groups is 3. The predicted molar refractivity (Wildman–Crippen MR) is 107 cm³/mol. The molecule has 0 aliphatic heterocycles. The number of primary amides is 1. The van der Waals surface area contributed by atoms with Gasteiger partial charge in [-0.15, -0.1) is 0 Å². The second-order valence-corrected chi connectivity index (χ2v) is 6.25. The highest BCUT2D eigenvalue weighted by molar-refractivity contribution is 5.97. The van der Waals surface area contributed by atoms with E-state index in [1.165, 1.54) is 11.8 Å². The molecule has 0 spiro atoms. The molecule has 7 heteroatoms. The third-order valence-corrected chi connectivity index (χ3v) is 4.17. The number of hydrogen-bond donors (Lipinski definition) is 2. The Morgan fingerprint density at radius 2 is 1.61 bits per heavy atom. The van der Waals surface area contributed by atoms with Gasteiger partial charge in [-0.25, -0.2) is 9.59 Å². The SMILES string of the molecule is CCN(C(=O)[C@H](C)OC(=O)[C@H](Cc1ccccc1)NC(N)=O)c1ccccc1. The first-order valence-corrected chi connectivity index (χ1v) is 9.09. The number of nitrogens with two attached hydrogens (primary N) is 1. The molecule has 3 N–H and O–H groups in total. The maximum Gasteiger partial charge on any atom is 0.329 e. The Bertz CT molecular complexity index is 796. The Morgan fingerprint density at radius 1 is 1.04 bits per heavy atom. The summed E-state index contributed by atoms with van der Waals surface area (Å²) in [5.74, 6) is -1.06. The second kappa shape index (κ2) is 10.1. The van der Waals surface area contributed by atoms with Crippen molar-refractivity contribution in [2.45, 2.75) is 32.4 Å². The summed E-state index contributed by atoms with van der Waals surface area (Å²) in [5, 5.41) is 2.39. The number of carbonyl (C=O) groups excluding carboxylic acids is 3. The minimum Gasteiger partial charge on any atom is -0.451 e. The van der Waals surface area contributed by atoms with Gasteiger partial charge in [-0.05, 0) is 31.5 Å². The number of nitrogens with one attached hydrogen (secondary N) is 1. The van der Waals surface area contributed by atoms with Crippen LogP contribution in [0, 0.1) is 0 Å². The summed E-state index contributed by atoms with van der Waals surface area (Å²) in [5.41, 5.74) is 6.74. The van der Waals surface area contributed by atoms with E-state index in [9.17, 15) is 14.4 Å². The van der Waals surface area contributed by atoms with E-state index >= 15 is 0 Å². The molecule has 28 heavy (non-hydrogen) atoms. The van der Waals surface area contributed by atoms with Gasteiger partial charge < -0.3 is 20.7 Å². The number of amides is 3. The maximum absolute atomic E-state index is 12.7. The fourth-order valence-electron chi connectivity index (χ4n) is 2.81. The number of esters is 1. The maximum atomic E-state index is 12.7. The first-order chi connectivity index (χ1) is 13.4. The lowest BCUT2D eigenvalue weighted by Gasteiger charge is -2.25. The van der Waals surface area contributed by atoms with Gasteiger partial charge in [0.05, 0.1) is 0 Å². The van der Waals surface area contributed by atoms with Crippen molar-refractivity contribution in [3.05, 3.63) is 66.2 Å². The molecule has 2 rings (SSSR count). The van der Waals surface area contributed by atoms with Gasteiger partial charge in [0.2, 0.25) is 0 Å². The number of anilines is 1. The number of ether oxygens (including phenoxy) is 1. The summed E-state index contributed by atoms with van der Waals surface area (Å²) in [6, 6.07) is 16.5. The minimum atomic E-state index is -1.01. The molecule has 0 saturated carbocycles. The third-order valence-electron chi connectivity index (χ3n) is 4.17. The highest BCUT2D eigenvalue weighted by Gasteiger charge is 2.28. The minimum absolute atomic E-state index is 0.208. The summed E-state index contributed by atoms with van der Waals surface area (Å²) in [4.78, 5) is 38.2. The van der Waals surface area contributed by atoms with E-state index in [0.717, 1.165) is 5.56 Å². The number of hydrogen-bond acceptors (Lipinski definition) is 4. The van der Waals surface area contributed by atoms with E-state index in [1.807, 2.05) is 67.6 Å². The van der Waals surface area contributed by atoms with Crippen LogP contribution in [-0.4, -0.2) is 36.6 Å². The molecule has 0 heterocycles. The standard InChI is InChI=1S/C21H25N3O4/c1-3-24(17-12-8-5-9-13-17)19(25)15(2)28-20(26)18(23-21(22)27)14-16-10-6-4-7-11-16/h4-13,15,18H,3,14H2,1-2H3,(H3,22,23,27)/t15-,18-/m0/s1. The van der Waals surface area contributed by atoms with Crippen molar-refractivity contribution in [2.24, 2.45) is 5.73 Å². The Hall–Kier alpha value is -3.35. The van der Waals surface area contributed by atoms with Gasteiger partial charge in [-0.1, -0.05) is 48.5 Å². The van der Waals surface area contributed by atoms with Gasteiger partial charge in [-0.2, -0.15) is 0 Å². The molecule has 0 aromatic heterocycles. The molecule has 0 fully saturated rings. The normalized spacial score (nSPS) is 12.5. The lowest BCUT2D eigenvalue weighted by Crippen LogP contribution is -2.48. The Kier molecular flexibility index (Phi) is 7.56. The van der Waals surface area contributed by atoms with Crippen LogP contribution in [0.25, 0.3) is 0 Å². The number of urea groups is 1. The van der Waals surface area contributed by atoms with Crippen LogP contribution in [0.1, 0.15) is 19.4 Å². The van der Waals surface area contributed by atoms with Gasteiger partial charge in [0.25, 0.3) is 5.91 Å². The van der Waals surface area contributed by atoms with Crippen LogP contribution in [0.4, 0.5) is 10.5 Å². The third kappa shape index (κ3) is 5.84. The summed E-state index contributed by atoms with van der Waals surface area (Å²) in [6.07, 6.45) is -0.805. The Morgan fingerprint density at radius 3 is 2.14 bits per heavy atom. The lowest BCUT2D eigenvalue weighted by molar-refractivity contribution is -0.155. The van der Waals surface area contributed by atoms with Gasteiger partial charge >= 0.3 is 12.0 Å². The molecule has 0 unspecified atom stereocenters. The van der Waals surface area contributed by atoms with Crippen LogP contribution >= 0.6 is 0 Å². The lowest BCUT2D eigenvalue weighted by atomic mass is 10.1. The summed E-state index contributed by atoms with van der Waals surface area (Å²) < 4.78 is 5.35. The van der Waals surface area contributed by atoms with E-state index in [-0.39, 0.29) is 12.3 Å². The van der Waals surface area contributed by atoms with Crippen LogP contribution in [0.15, 0.2) is 60.7 Å². The van der Waals surface area contributed by atoms with E-state index < -0.39 is 24.1 Å². The average Bonchev–Trinajstić information content (AvgIpc) is 2.69. The van der Waals surface area contributed by atoms with Crippen molar-refractivity contribution in [1.29, 1.82) is 0 Å². The van der Waals surface area contributed by atoms with Crippen LogP contribution in [-0.2, 0) is 20.7 Å². The fraction of sp³-hybridized carbons (Fsp3) is 0.286. The van der Waals surface area contributed by atoms with Crippen molar-refractivity contribution in [3.63, 3.8) is 0 Å². The topological polar surface area (TPSA) is 102 Å². The van der Waals surface area contributed by atoms with Crippen LogP contribution in [0.2, 0.25) is 0 Å². The molecule has 0 bridgehead atoms. The number of rotatable bonds is 8. The summed E-state index contributed by atoms with van der Waals surface area (Å²) in [6.45, 7) is 3.78. The molecular formula is C21H25N3O4. The van der Waals surface area contributed by atoms with Gasteiger partial charge in [0.1, 0.15) is 6.04 Å². The molecule has 0 aliphatic rings. The first kappa shape index (κ1) is 21.0. The first-order valence-electron chi connectivity index (χ1n) is 9.09. The van der Waals surface area contributed by atoms with Gasteiger partial charge in [0.15, 0.2) is 6.10 Å². The zero-order valence-electron chi connectivity index (χ0n) is 16.0. The molecule has 7 nitrogen and oxygen atoms in total. The Balaban J connectivity index is 2.08. The highest BCUT2D eigenvalue weighted by Crippen LogP contribution is 2.15. The van der Waals surface area contributed by atoms with Crippen LogP contribution < -0.4 is 16.0 Å².